The summed E-state index contributed by atoms with van der Waals surface area (Å²) in [4.78, 5) is 3.31. The van der Waals surface area contributed by atoms with E-state index in [1.54, 1.807) is 6.07 Å². The Morgan fingerprint density at radius 1 is 1.12 bits per heavy atom. The molecule has 3 aromatic rings. The largest absolute Gasteiger partial charge is 0.490 e. The standard InChI is InChI=1S/C21H20N4O/c1-13(2)26-19-10-9-15(11-16(19)12-22)20-23-21(25-24-20)18-8-4-6-14-5-3-7-17(14)18/h4,6,8-11,13H,3,5,7H2,1-2H3,(H,23,24,25). The first-order valence-corrected chi connectivity index (χ1v) is 8.90. The summed E-state index contributed by atoms with van der Waals surface area (Å²) in [6.07, 6.45) is 3.43. The lowest BCUT2D eigenvalue weighted by molar-refractivity contribution is 0.242. The molecule has 0 atom stereocenters. The van der Waals surface area contributed by atoms with Crippen molar-refractivity contribution in [2.24, 2.45) is 0 Å². The first-order chi connectivity index (χ1) is 12.7. The van der Waals surface area contributed by atoms with Gasteiger partial charge in [-0.15, -0.1) is 10.2 Å². The number of hydrogen-bond donors (Lipinski definition) is 1. The Morgan fingerprint density at radius 2 is 1.96 bits per heavy atom. The average molecular weight is 344 g/mol. The number of rotatable bonds is 4. The molecule has 4 rings (SSSR count). The van der Waals surface area contributed by atoms with Crippen molar-refractivity contribution in [2.75, 3.05) is 0 Å². The van der Waals surface area contributed by atoms with Crippen molar-refractivity contribution in [3.05, 3.63) is 53.1 Å². The minimum absolute atomic E-state index is 0.0185. The summed E-state index contributed by atoms with van der Waals surface area (Å²) in [6, 6.07) is 14.1. The second-order valence-electron chi connectivity index (χ2n) is 6.81. The number of ether oxygens (including phenoxy) is 1. The molecule has 5 heteroatoms. The quantitative estimate of drug-likeness (QED) is 0.766. The summed E-state index contributed by atoms with van der Waals surface area (Å²) in [7, 11) is 0. The van der Waals surface area contributed by atoms with Crippen LogP contribution >= 0.6 is 0 Å². The number of benzene rings is 2. The van der Waals surface area contributed by atoms with Gasteiger partial charge in [0.2, 0.25) is 0 Å². The van der Waals surface area contributed by atoms with Gasteiger partial charge in [0.05, 0.1) is 11.7 Å². The average Bonchev–Trinajstić information content (AvgIpc) is 3.30. The van der Waals surface area contributed by atoms with E-state index in [0.29, 0.717) is 17.1 Å². The Balaban J connectivity index is 1.69. The van der Waals surface area contributed by atoms with Crippen LogP contribution in [-0.4, -0.2) is 21.3 Å². The van der Waals surface area contributed by atoms with Gasteiger partial charge in [-0.1, -0.05) is 18.2 Å². The molecule has 0 radical (unpaired) electrons. The van der Waals surface area contributed by atoms with Crippen LogP contribution < -0.4 is 4.74 Å². The highest BCUT2D eigenvalue weighted by Crippen LogP contribution is 2.32. The summed E-state index contributed by atoms with van der Waals surface area (Å²) in [5.74, 6) is 2.02. The number of aromatic amines is 1. The lowest BCUT2D eigenvalue weighted by Gasteiger charge is -2.11. The van der Waals surface area contributed by atoms with Crippen molar-refractivity contribution in [1.29, 1.82) is 5.26 Å². The van der Waals surface area contributed by atoms with Crippen molar-refractivity contribution in [3.8, 4) is 34.6 Å². The van der Waals surface area contributed by atoms with Gasteiger partial charge >= 0.3 is 0 Å². The molecule has 1 aliphatic rings. The maximum atomic E-state index is 9.42. The molecular weight excluding hydrogens is 324 g/mol. The van der Waals surface area contributed by atoms with E-state index in [0.717, 1.165) is 29.8 Å². The fourth-order valence-corrected chi connectivity index (χ4v) is 3.48. The van der Waals surface area contributed by atoms with E-state index in [2.05, 4.69) is 39.4 Å². The van der Waals surface area contributed by atoms with Crippen molar-refractivity contribution in [1.82, 2.24) is 15.2 Å². The summed E-state index contributed by atoms with van der Waals surface area (Å²) in [6.45, 7) is 3.88. The third kappa shape index (κ3) is 2.95. The Bertz CT molecular complexity index is 997. The van der Waals surface area contributed by atoms with Gasteiger partial charge in [0, 0.05) is 11.1 Å². The molecule has 1 heterocycles. The highest BCUT2D eigenvalue weighted by molar-refractivity contribution is 5.67. The highest BCUT2D eigenvalue weighted by atomic mass is 16.5. The van der Waals surface area contributed by atoms with Crippen LogP contribution in [0.2, 0.25) is 0 Å². The Kier molecular flexibility index (Phi) is 4.18. The highest BCUT2D eigenvalue weighted by Gasteiger charge is 2.18. The summed E-state index contributed by atoms with van der Waals surface area (Å²) >= 11 is 0. The molecule has 0 unspecified atom stereocenters. The van der Waals surface area contributed by atoms with Crippen molar-refractivity contribution < 1.29 is 4.74 Å². The van der Waals surface area contributed by atoms with E-state index in [9.17, 15) is 5.26 Å². The minimum atomic E-state index is 0.0185. The van der Waals surface area contributed by atoms with Gasteiger partial charge in [-0.25, -0.2) is 0 Å². The molecule has 130 valence electrons. The van der Waals surface area contributed by atoms with E-state index in [-0.39, 0.29) is 6.10 Å². The van der Waals surface area contributed by atoms with E-state index in [4.69, 9.17) is 4.74 Å². The van der Waals surface area contributed by atoms with Crippen LogP contribution in [0.4, 0.5) is 0 Å². The fraction of sp³-hybridized carbons (Fsp3) is 0.286. The van der Waals surface area contributed by atoms with E-state index >= 15 is 0 Å². The molecule has 0 fully saturated rings. The molecule has 2 aromatic carbocycles. The molecule has 0 bridgehead atoms. The number of aryl methyl sites for hydroxylation is 1. The minimum Gasteiger partial charge on any atom is -0.490 e. The summed E-state index contributed by atoms with van der Waals surface area (Å²) in [5, 5.41) is 18.1. The molecule has 0 aliphatic heterocycles. The Morgan fingerprint density at radius 3 is 2.77 bits per heavy atom. The van der Waals surface area contributed by atoms with Crippen LogP contribution in [-0.2, 0) is 12.8 Å². The predicted molar refractivity (Wildman–Crippen MR) is 99.8 cm³/mol. The molecule has 26 heavy (non-hydrogen) atoms. The number of H-pyrrole nitrogens is 1. The monoisotopic (exact) mass is 344 g/mol. The first-order valence-electron chi connectivity index (χ1n) is 8.90. The van der Waals surface area contributed by atoms with Gasteiger partial charge in [0.1, 0.15) is 11.8 Å². The molecule has 0 saturated heterocycles. The maximum Gasteiger partial charge on any atom is 0.161 e. The number of hydrogen-bond acceptors (Lipinski definition) is 4. The molecule has 0 amide bonds. The number of nitriles is 1. The zero-order valence-corrected chi connectivity index (χ0v) is 14.9. The maximum absolute atomic E-state index is 9.42. The SMILES string of the molecule is CC(C)Oc1ccc(-c2nnc(-c3cccc4c3CCC4)[nH]2)cc1C#N. The zero-order valence-electron chi connectivity index (χ0n) is 14.9. The third-order valence-electron chi connectivity index (χ3n) is 4.62. The van der Waals surface area contributed by atoms with E-state index in [1.807, 2.05) is 26.0 Å². The van der Waals surface area contributed by atoms with Crippen molar-refractivity contribution in [3.63, 3.8) is 0 Å². The van der Waals surface area contributed by atoms with Gasteiger partial charge in [0.15, 0.2) is 11.6 Å². The molecule has 5 nitrogen and oxygen atoms in total. The molecule has 1 N–H and O–H groups in total. The van der Waals surface area contributed by atoms with Gasteiger partial charge in [0.25, 0.3) is 0 Å². The second kappa shape index (κ2) is 6.64. The molecule has 0 spiro atoms. The van der Waals surface area contributed by atoms with E-state index in [1.165, 1.54) is 17.5 Å². The predicted octanol–water partition coefficient (Wildman–Crippen LogP) is 4.29. The van der Waals surface area contributed by atoms with Crippen LogP contribution in [0.1, 0.15) is 37.0 Å². The molecule has 1 aliphatic carbocycles. The third-order valence-corrected chi connectivity index (χ3v) is 4.62. The lowest BCUT2D eigenvalue weighted by Crippen LogP contribution is -2.06. The topological polar surface area (TPSA) is 74.6 Å². The number of fused-ring (bicyclic) bond motifs is 1. The van der Waals surface area contributed by atoms with Gasteiger partial charge in [-0.3, -0.25) is 0 Å². The second-order valence-corrected chi connectivity index (χ2v) is 6.81. The van der Waals surface area contributed by atoms with Crippen LogP contribution in [0, 0.1) is 11.3 Å². The fourth-order valence-electron chi connectivity index (χ4n) is 3.48. The summed E-state index contributed by atoms with van der Waals surface area (Å²) in [5.41, 5.74) is 5.22. The molecular formula is C21H20N4O. The Labute approximate surface area is 152 Å². The molecule has 0 saturated carbocycles. The Hall–Kier alpha value is -3.13. The number of aromatic nitrogens is 3. The zero-order chi connectivity index (χ0) is 18.1. The number of nitrogens with zero attached hydrogens (tertiary/aromatic N) is 3. The number of nitrogens with one attached hydrogen (secondary N) is 1. The lowest BCUT2D eigenvalue weighted by atomic mass is 10.0. The van der Waals surface area contributed by atoms with Gasteiger partial charge in [-0.2, -0.15) is 5.26 Å². The summed E-state index contributed by atoms with van der Waals surface area (Å²) < 4.78 is 5.68. The van der Waals surface area contributed by atoms with Crippen LogP contribution in [0.3, 0.4) is 0 Å². The van der Waals surface area contributed by atoms with Gasteiger partial charge in [-0.05, 0) is 62.4 Å². The first kappa shape index (κ1) is 16.3. The van der Waals surface area contributed by atoms with Crippen molar-refractivity contribution in [2.45, 2.75) is 39.2 Å². The van der Waals surface area contributed by atoms with Crippen LogP contribution in [0.15, 0.2) is 36.4 Å². The van der Waals surface area contributed by atoms with Crippen LogP contribution in [0.5, 0.6) is 5.75 Å². The van der Waals surface area contributed by atoms with Crippen molar-refractivity contribution >= 4 is 0 Å². The smallest absolute Gasteiger partial charge is 0.161 e. The molecule has 1 aromatic heterocycles. The van der Waals surface area contributed by atoms with Crippen LogP contribution in [0.25, 0.3) is 22.8 Å². The normalized spacial score (nSPS) is 12.8. The van der Waals surface area contributed by atoms with E-state index < -0.39 is 0 Å². The van der Waals surface area contributed by atoms with Gasteiger partial charge < -0.3 is 9.72 Å².